The SMILES string of the molecule is Cc1ccccc1[C@@H]1CCN(C(=O)c2c(C)n[nH]c2C)CCS1. The number of H-pyrrole nitrogens is 1. The van der Waals surface area contributed by atoms with Gasteiger partial charge in [-0.15, -0.1) is 0 Å². The van der Waals surface area contributed by atoms with Crippen LogP contribution < -0.4 is 0 Å². The third-order valence-corrected chi connectivity index (χ3v) is 5.82. The first-order chi connectivity index (χ1) is 11.1. The van der Waals surface area contributed by atoms with Crippen LogP contribution >= 0.6 is 11.8 Å². The number of aromatic nitrogens is 2. The van der Waals surface area contributed by atoms with Crippen LogP contribution in [0.4, 0.5) is 0 Å². The molecule has 1 fully saturated rings. The predicted molar refractivity (Wildman–Crippen MR) is 95.0 cm³/mol. The summed E-state index contributed by atoms with van der Waals surface area (Å²) in [5.41, 5.74) is 5.14. The van der Waals surface area contributed by atoms with Gasteiger partial charge in [0.05, 0.1) is 11.3 Å². The molecule has 1 aromatic heterocycles. The Bertz CT molecular complexity index is 691. The quantitative estimate of drug-likeness (QED) is 0.915. The van der Waals surface area contributed by atoms with E-state index in [1.807, 2.05) is 30.5 Å². The highest BCUT2D eigenvalue weighted by Crippen LogP contribution is 2.36. The number of hydrogen-bond acceptors (Lipinski definition) is 3. The molecule has 1 atom stereocenters. The molecule has 1 amide bonds. The van der Waals surface area contributed by atoms with Crippen LogP contribution in [-0.4, -0.2) is 39.8 Å². The molecule has 0 saturated carbocycles. The Labute approximate surface area is 141 Å². The van der Waals surface area contributed by atoms with Crippen LogP contribution in [0.5, 0.6) is 0 Å². The van der Waals surface area contributed by atoms with Crippen molar-refractivity contribution in [2.24, 2.45) is 0 Å². The molecule has 5 heteroatoms. The van der Waals surface area contributed by atoms with E-state index >= 15 is 0 Å². The number of hydrogen-bond donors (Lipinski definition) is 1. The molecule has 4 nitrogen and oxygen atoms in total. The van der Waals surface area contributed by atoms with Crippen molar-refractivity contribution < 1.29 is 4.79 Å². The summed E-state index contributed by atoms with van der Waals surface area (Å²) in [5, 5.41) is 7.54. The second-order valence-corrected chi connectivity index (χ2v) is 7.42. The van der Waals surface area contributed by atoms with E-state index in [4.69, 9.17) is 0 Å². The fraction of sp³-hybridized carbons (Fsp3) is 0.444. The van der Waals surface area contributed by atoms with E-state index in [2.05, 4.69) is 41.4 Å². The van der Waals surface area contributed by atoms with Gasteiger partial charge >= 0.3 is 0 Å². The van der Waals surface area contributed by atoms with Crippen LogP contribution in [-0.2, 0) is 0 Å². The summed E-state index contributed by atoms with van der Waals surface area (Å²) in [6.45, 7) is 7.57. The second-order valence-electron chi connectivity index (χ2n) is 6.11. The highest BCUT2D eigenvalue weighted by Gasteiger charge is 2.26. The van der Waals surface area contributed by atoms with Crippen molar-refractivity contribution in [1.29, 1.82) is 0 Å². The molecule has 1 saturated heterocycles. The molecule has 0 aliphatic carbocycles. The van der Waals surface area contributed by atoms with Crippen molar-refractivity contribution in [1.82, 2.24) is 15.1 Å². The van der Waals surface area contributed by atoms with Crippen molar-refractivity contribution in [2.45, 2.75) is 32.4 Å². The van der Waals surface area contributed by atoms with E-state index < -0.39 is 0 Å². The number of amides is 1. The third kappa shape index (κ3) is 3.29. The summed E-state index contributed by atoms with van der Waals surface area (Å²) in [6.07, 6.45) is 0.997. The maximum absolute atomic E-state index is 12.8. The lowest BCUT2D eigenvalue weighted by Crippen LogP contribution is -2.33. The first-order valence-electron chi connectivity index (χ1n) is 8.06. The molecule has 0 radical (unpaired) electrons. The monoisotopic (exact) mass is 329 g/mol. The predicted octanol–water partition coefficient (Wildman–Crippen LogP) is 3.66. The van der Waals surface area contributed by atoms with Gasteiger partial charge in [-0.05, 0) is 38.3 Å². The van der Waals surface area contributed by atoms with Crippen molar-refractivity contribution in [3.8, 4) is 0 Å². The lowest BCUT2D eigenvalue weighted by atomic mass is 10.0. The minimum atomic E-state index is 0.111. The number of rotatable bonds is 2. The zero-order chi connectivity index (χ0) is 16.4. The molecule has 1 N–H and O–H groups in total. The number of carbonyl (C=O) groups is 1. The number of aryl methyl sites for hydroxylation is 3. The molecule has 0 spiro atoms. The smallest absolute Gasteiger partial charge is 0.257 e. The molecule has 0 unspecified atom stereocenters. The van der Waals surface area contributed by atoms with E-state index in [1.54, 1.807) is 0 Å². The Kier molecular flexibility index (Phi) is 4.76. The molecule has 23 heavy (non-hydrogen) atoms. The third-order valence-electron chi connectivity index (χ3n) is 4.51. The van der Waals surface area contributed by atoms with Gasteiger partial charge in [0.2, 0.25) is 0 Å². The van der Waals surface area contributed by atoms with E-state index in [1.165, 1.54) is 11.1 Å². The van der Waals surface area contributed by atoms with E-state index in [-0.39, 0.29) is 5.91 Å². The summed E-state index contributed by atoms with van der Waals surface area (Å²) in [4.78, 5) is 14.8. The largest absolute Gasteiger partial charge is 0.338 e. The van der Waals surface area contributed by atoms with Gasteiger partial charge in [0.15, 0.2) is 0 Å². The Morgan fingerprint density at radius 1 is 1.26 bits per heavy atom. The summed E-state index contributed by atoms with van der Waals surface area (Å²) < 4.78 is 0. The van der Waals surface area contributed by atoms with Crippen LogP contribution in [0, 0.1) is 20.8 Å². The first kappa shape index (κ1) is 16.1. The van der Waals surface area contributed by atoms with Crippen molar-refractivity contribution in [3.63, 3.8) is 0 Å². The van der Waals surface area contributed by atoms with Gasteiger partial charge in [-0.2, -0.15) is 16.9 Å². The second kappa shape index (κ2) is 6.79. The molecule has 2 heterocycles. The number of carbonyl (C=O) groups excluding carboxylic acids is 1. The molecule has 1 aliphatic rings. The number of nitrogens with one attached hydrogen (secondary N) is 1. The molecule has 3 rings (SSSR count). The number of nitrogens with zero attached hydrogens (tertiary/aromatic N) is 2. The van der Waals surface area contributed by atoms with Crippen molar-refractivity contribution in [2.75, 3.05) is 18.8 Å². The van der Waals surface area contributed by atoms with Gasteiger partial charge in [0.25, 0.3) is 5.91 Å². The number of thioether (sulfide) groups is 1. The van der Waals surface area contributed by atoms with Crippen LogP contribution in [0.15, 0.2) is 24.3 Å². The van der Waals surface area contributed by atoms with Gasteiger partial charge in [0.1, 0.15) is 0 Å². The van der Waals surface area contributed by atoms with E-state index in [0.29, 0.717) is 5.25 Å². The van der Waals surface area contributed by atoms with Crippen molar-refractivity contribution in [3.05, 3.63) is 52.3 Å². The molecule has 2 aromatic rings. The highest BCUT2D eigenvalue weighted by molar-refractivity contribution is 7.99. The Balaban J connectivity index is 1.74. The Morgan fingerprint density at radius 3 is 2.74 bits per heavy atom. The first-order valence-corrected chi connectivity index (χ1v) is 9.10. The van der Waals surface area contributed by atoms with Crippen molar-refractivity contribution >= 4 is 17.7 Å². The van der Waals surface area contributed by atoms with E-state index in [0.717, 1.165) is 42.2 Å². The minimum Gasteiger partial charge on any atom is -0.338 e. The summed E-state index contributed by atoms with van der Waals surface area (Å²) >= 11 is 1.96. The molecular formula is C18H23N3OS. The standard InChI is InChI=1S/C18H23N3OS/c1-12-6-4-5-7-15(12)16-8-9-21(10-11-23-16)18(22)17-13(2)19-20-14(17)3/h4-7,16H,8-11H2,1-3H3,(H,19,20)/t16-/m0/s1. The summed E-state index contributed by atoms with van der Waals surface area (Å²) in [7, 11) is 0. The lowest BCUT2D eigenvalue weighted by molar-refractivity contribution is 0.0765. The average Bonchev–Trinajstić information content (AvgIpc) is 2.75. The highest BCUT2D eigenvalue weighted by atomic mass is 32.2. The Morgan fingerprint density at radius 2 is 2.04 bits per heavy atom. The fourth-order valence-electron chi connectivity index (χ4n) is 3.19. The van der Waals surface area contributed by atoms with Crippen LogP contribution in [0.1, 0.15) is 44.5 Å². The van der Waals surface area contributed by atoms with Gasteiger partial charge in [-0.25, -0.2) is 0 Å². The number of benzene rings is 1. The molecule has 0 bridgehead atoms. The maximum atomic E-state index is 12.8. The molecule has 1 aromatic carbocycles. The van der Waals surface area contributed by atoms with Crippen LogP contribution in [0.3, 0.4) is 0 Å². The van der Waals surface area contributed by atoms with Gasteiger partial charge < -0.3 is 4.90 Å². The average molecular weight is 329 g/mol. The van der Waals surface area contributed by atoms with Crippen LogP contribution in [0.25, 0.3) is 0 Å². The zero-order valence-electron chi connectivity index (χ0n) is 13.9. The summed E-state index contributed by atoms with van der Waals surface area (Å²) in [6, 6.07) is 8.58. The van der Waals surface area contributed by atoms with Gasteiger partial charge in [-0.3, -0.25) is 9.89 Å². The van der Waals surface area contributed by atoms with Crippen LogP contribution in [0.2, 0.25) is 0 Å². The lowest BCUT2D eigenvalue weighted by Gasteiger charge is -2.21. The minimum absolute atomic E-state index is 0.111. The molecule has 1 aliphatic heterocycles. The van der Waals surface area contributed by atoms with Gasteiger partial charge in [-0.1, -0.05) is 24.3 Å². The fourth-order valence-corrected chi connectivity index (χ4v) is 4.52. The zero-order valence-corrected chi connectivity index (χ0v) is 14.7. The Hall–Kier alpha value is -1.75. The normalized spacial score (nSPS) is 18.7. The topological polar surface area (TPSA) is 49.0 Å². The number of aromatic amines is 1. The summed E-state index contributed by atoms with van der Waals surface area (Å²) in [5.74, 6) is 1.08. The van der Waals surface area contributed by atoms with E-state index in [9.17, 15) is 4.79 Å². The molecule has 122 valence electrons. The van der Waals surface area contributed by atoms with Gasteiger partial charge in [0, 0.05) is 29.8 Å². The maximum Gasteiger partial charge on any atom is 0.257 e. The molecular weight excluding hydrogens is 306 g/mol.